The first-order valence-electron chi connectivity index (χ1n) is 19.0. The van der Waals surface area contributed by atoms with E-state index in [4.69, 9.17) is 19.9 Å². The predicted octanol–water partition coefficient (Wildman–Crippen LogP) is 13.9. The number of hydrogen-bond acceptors (Lipinski definition) is 5. The number of hydrogen-bond donors (Lipinski definition) is 0. The van der Waals surface area contributed by atoms with E-state index in [2.05, 4.69) is 133 Å². The summed E-state index contributed by atoms with van der Waals surface area (Å²) in [5.41, 5.74) is 10.4. The summed E-state index contributed by atoms with van der Waals surface area (Å²) in [6.07, 6.45) is 0. The first kappa shape index (κ1) is 33.0. The first-order chi connectivity index (χ1) is 28.2. The Kier molecular flexibility index (Phi) is 7.97. The van der Waals surface area contributed by atoms with Crippen molar-refractivity contribution in [3.63, 3.8) is 0 Å². The maximum Gasteiger partial charge on any atom is 0.164 e. The van der Waals surface area contributed by atoms with E-state index in [-0.39, 0.29) is 0 Å². The van der Waals surface area contributed by atoms with Crippen LogP contribution in [0, 0.1) is 0 Å². The molecule has 0 N–H and O–H groups in total. The highest BCUT2D eigenvalue weighted by molar-refractivity contribution is 7.26. The van der Waals surface area contributed by atoms with Gasteiger partial charge < -0.3 is 0 Å². The fraction of sp³-hybridized carbons (Fsp3) is 0. The second-order valence-corrected chi connectivity index (χ2v) is 15.3. The van der Waals surface area contributed by atoms with Crippen molar-refractivity contribution in [1.82, 2.24) is 19.9 Å². The summed E-state index contributed by atoms with van der Waals surface area (Å²) < 4.78 is 2.58. The maximum absolute atomic E-state index is 5.32. The van der Waals surface area contributed by atoms with E-state index in [1.165, 1.54) is 25.6 Å². The zero-order valence-electron chi connectivity index (χ0n) is 30.7. The second-order valence-electron chi connectivity index (χ2n) is 14.2. The summed E-state index contributed by atoms with van der Waals surface area (Å²) in [5.74, 6) is 1.93. The molecular weight excluding hydrogens is 713 g/mol. The molecule has 0 aliphatic heterocycles. The zero-order valence-corrected chi connectivity index (χ0v) is 31.5. The highest BCUT2D eigenvalue weighted by Gasteiger charge is 2.18. The summed E-state index contributed by atoms with van der Waals surface area (Å²) in [4.78, 5) is 20.2. The monoisotopic (exact) mass is 744 g/mol. The Hall–Kier alpha value is -7.34. The molecule has 0 bridgehead atoms. The van der Waals surface area contributed by atoms with Gasteiger partial charge in [0.1, 0.15) is 0 Å². The van der Waals surface area contributed by atoms with E-state index in [0.29, 0.717) is 17.5 Å². The average molecular weight is 745 g/mol. The molecule has 57 heavy (non-hydrogen) atoms. The number of nitrogens with zero attached hydrogens (tertiary/aromatic N) is 4. The maximum atomic E-state index is 5.32. The van der Waals surface area contributed by atoms with Crippen LogP contribution in [-0.4, -0.2) is 19.9 Å². The number of benzene rings is 8. The van der Waals surface area contributed by atoms with Crippen molar-refractivity contribution in [2.45, 2.75) is 0 Å². The lowest BCUT2D eigenvalue weighted by Crippen LogP contribution is -2.00. The minimum Gasteiger partial charge on any atom is -0.247 e. The Balaban J connectivity index is 1.04. The van der Waals surface area contributed by atoms with Crippen LogP contribution < -0.4 is 0 Å². The van der Waals surface area contributed by atoms with Crippen molar-refractivity contribution in [3.05, 3.63) is 194 Å². The molecule has 5 heteroatoms. The van der Waals surface area contributed by atoms with Gasteiger partial charge in [0.15, 0.2) is 17.5 Å². The SMILES string of the molecule is c1ccc(-c2nc(-c3ccccc3)nc(-c3cccc(-c4cccc(-c5ccc6nc(-c7ccccc7)c7ccc8sc9ccccc9c8c7c6c5)c4)c3)n2)cc1. The molecule has 11 rings (SSSR count). The quantitative estimate of drug-likeness (QED) is 0.159. The lowest BCUT2D eigenvalue weighted by atomic mass is 9.93. The molecule has 266 valence electrons. The number of pyridine rings is 1. The van der Waals surface area contributed by atoms with Gasteiger partial charge in [0, 0.05) is 58.6 Å². The zero-order chi connectivity index (χ0) is 37.7. The molecule has 0 amide bonds. The molecule has 4 nitrogen and oxygen atoms in total. The molecule has 0 radical (unpaired) electrons. The van der Waals surface area contributed by atoms with E-state index in [9.17, 15) is 0 Å². The third-order valence-corrected chi connectivity index (χ3v) is 11.8. The van der Waals surface area contributed by atoms with Crippen LogP contribution in [-0.2, 0) is 0 Å². The Labute approximate surface area is 333 Å². The van der Waals surface area contributed by atoms with Crippen molar-refractivity contribution < 1.29 is 0 Å². The summed E-state index contributed by atoms with van der Waals surface area (Å²) in [6.45, 7) is 0. The van der Waals surface area contributed by atoms with Gasteiger partial charge in [-0.1, -0.05) is 158 Å². The van der Waals surface area contributed by atoms with Gasteiger partial charge in [0.2, 0.25) is 0 Å². The van der Waals surface area contributed by atoms with Crippen LogP contribution >= 0.6 is 11.3 Å². The van der Waals surface area contributed by atoms with Crippen molar-refractivity contribution in [2.75, 3.05) is 0 Å². The second kappa shape index (κ2) is 13.7. The van der Waals surface area contributed by atoms with Crippen molar-refractivity contribution in [3.8, 4) is 67.7 Å². The van der Waals surface area contributed by atoms with E-state index < -0.39 is 0 Å². The third kappa shape index (κ3) is 5.93. The normalized spacial score (nSPS) is 11.5. The van der Waals surface area contributed by atoms with E-state index >= 15 is 0 Å². The van der Waals surface area contributed by atoms with E-state index in [1.807, 2.05) is 72.0 Å². The first-order valence-corrected chi connectivity index (χ1v) is 19.9. The number of fused-ring (bicyclic) bond motifs is 7. The Morgan fingerprint density at radius 2 is 0.789 bits per heavy atom. The number of rotatable bonds is 6. The molecule has 0 aliphatic rings. The molecule has 0 atom stereocenters. The number of aromatic nitrogens is 4. The van der Waals surface area contributed by atoms with Gasteiger partial charge in [-0.2, -0.15) is 0 Å². The fourth-order valence-corrected chi connectivity index (χ4v) is 9.07. The molecule has 0 saturated carbocycles. The van der Waals surface area contributed by atoms with Gasteiger partial charge in [0.05, 0.1) is 11.2 Å². The molecule has 0 unspecified atom stereocenters. The highest BCUT2D eigenvalue weighted by Crippen LogP contribution is 2.44. The molecule has 0 aliphatic carbocycles. The molecule has 3 aromatic heterocycles. The smallest absolute Gasteiger partial charge is 0.164 e. The third-order valence-electron chi connectivity index (χ3n) is 10.7. The summed E-state index contributed by atoms with van der Waals surface area (Å²) in [5, 5.41) is 6.15. The fourth-order valence-electron chi connectivity index (χ4n) is 7.96. The standard InChI is InChI=1S/C52H32N4S/c1-4-14-33(15-5-1)49-42-27-29-46-48(41-24-10-11-25-45(41)57-46)47(42)43-32-39(26-28-44(43)53-49)37-21-12-20-36(30-37)38-22-13-23-40(31-38)52-55-50(34-16-6-2-7-17-34)54-51(56-52)35-18-8-3-9-19-35/h1-32H. The van der Waals surface area contributed by atoms with Crippen LogP contribution in [0.25, 0.3) is 110 Å². The van der Waals surface area contributed by atoms with Crippen LogP contribution in [0.2, 0.25) is 0 Å². The average Bonchev–Trinajstić information content (AvgIpc) is 3.68. The van der Waals surface area contributed by atoms with Crippen molar-refractivity contribution in [2.24, 2.45) is 0 Å². The molecule has 8 aromatic carbocycles. The van der Waals surface area contributed by atoms with Gasteiger partial charge in [-0.15, -0.1) is 11.3 Å². The topological polar surface area (TPSA) is 51.6 Å². The predicted molar refractivity (Wildman–Crippen MR) is 238 cm³/mol. The molecular formula is C52H32N4S. The van der Waals surface area contributed by atoms with Crippen LogP contribution in [0.1, 0.15) is 0 Å². The molecule has 0 saturated heterocycles. The summed E-state index contributed by atoms with van der Waals surface area (Å²) in [7, 11) is 0. The molecule has 0 fully saturated rings. The number of thiophene rings is 1. The Morgan fingerprint density at radius 1 is 0.281 bits per heavy atom. The van der Waals surface area contributed by atoms with E-state index in [0.717, 1.165) is 66.5 Å². The minimum absolute atomic E-state index is 0.636. The van der Waals surface area contributed by atoms with E-state index in [1.54, 1.807) is 0 Å². The minimum atomic E-state index is 0.636. The van der Waals surface area contributed by atoms with Crippen LogP contribution in [0.15, 0.2) is 194 Å². The van der Waals surface area contributed by atoms with Gasteiger partial charge in [-0.05, 0) is 58.7 Å². The lowest BCUT2D eigenvalue weighted by molar-refractivity contribution is 1.07. The van der Waals surface area contributed by atoms with Gasteiger partial charge in [-0.3, -0.25) is 0 Å². The van der Waals surface area contributed by atoms with Crippen LogP contribution in [0.4, 0.5) is 0 Å². The van der Waals surface area contributed by atoms with Crippen LogP contribution in [0.3, 0.4) is 0 Å². The molecule has 3 heterocycles. The lowest BCUT2D eigenvalue weighted by Gasteiger charge is -2.14. The molecule has 11 aromatic rings. The van der Waals surface area contributed by atoms with Gasteiger partial charge in [0.25, 0.3) is 0 Å². The van der Waals surface area contributed by atoms with Crippen molar-refractivity contribution >= 4 is 53.2 Å². The Morgan fingerprint density at radius 3 is 1.44 bits per heavy atom. The largest absolute Gasteiger partial charge is 0.247 e. The summed E-state index contributed by atoms with van der Waals surface area (Å²) >= 11 is 1.85. The van der Waals surface area contributed by atoms with Crippen molar-refractivity contribution in [1.29, 1.82) is 0 Å². The summed E-state index contributed by atoms with van der Waals surface area (Å²) in [6, 6.07) is 68.0. The molecule has 0 spiro atoms. The van der Waals surface area contributed by atoms with Gasteiger partial charge in [-0.25, -0.2) is 19.9 Å². The Bertz CT molecular complexity index is 3230. The highest BCUT2D eigenvalue weighted by atomic mass is 32.1. The van der Waals surface area contributed by atoms with Crippen LogP contribution in [0.5, 0.6) is 0 Å². The van der Waals surface area contributed by atoms with Gasteiger partial charge >= 0.3 is 0 Å².